The van der Waals surface area contributed by atoms with E-state index in [1.54, 1.807) is 0 Å². The summed E-state index contributed by atoms with van der Waals surface area (Å²) in [6.07, 6.45) is 2.60. The highest BCUT2D eigenvalue weighted by Crippen LogP contribution is 1.96. The molecule has 7 nitrogen and oxygen atoms in total. The van der Waals surface area contributed by atoms with Crippen molar-refractivity contribution in [3.05, 3.63) is 12.4 Å². The Morgan fingerprint density at radius 2 is 2.31 bits per heavy atom. The van der Waals surface area contributed by atoms with Crippen molar-refractivity contribution in [3.8, 4) is 6.07 Å². The third-order valence-electron chi connectivity index (χ3n) is 0.984. The Bertz CT molecular complexity index is 408. The van der Waals surface area contributed by atoms with Crippen LogP contribution < -0.4 is 4.72 Å². The average Bonchev–Trinajstić information content (AvgIpc) is 2.04. The Hall–Kier alpha value is -1.75. The van der Waals surface area contributed by atoms with Crippen LogP contribution in [-0.2, 0) is 10.0 Å². The molecule has 1 aromatic rings. The maximum Gasteiger partial charge on any atom is 0.256 e. The molecule has 0 radical (unpaired) electrons. The molecule has 8 heteroatoms. The number of nitrogens with zero attached hydrogens (tertiary/aromatic N) is 4. The predicted molar refractivity (Wildman–Crippen MR) is 42.8 cm³/mol. The third-order valence-corrected chi connectivity index (χ3v) is 1.99. The van der Waals surface area contributed by atoms with Crippen molar-refractivity contribution in [1.82, 2.24) is 15.2 Å². The average molecular weight is 199 g/mol. The molecule has 1 N–H and O–H groups in total. The summed E-state index contributed by atoms with van der Waals surface area (Å²) in [7, 11) is -3.66. The van der Waals surface area contributed by atoms with Gasteiger partial charge in [0.1, 0.15) is 0 Å². The molecule has 0 spiro atoms. The van der Waals surface area contributed by atoms with E-state index < -0.39 is 15.8 Å². The zero-order chi connectivity index (χ0) is 9.73. The largest absolute Gasteiger partial charge is 0.256 e. The second-order valence-electron chi connectivity index (χ2n) is 1.99. The fourth-order valence-corrected chi connectivity index (χ4v) is 1.17. The van der Waals surface area contributed by atoms with Crippen LogP contribution in [0.15, 0.2) is 12.4 Å². The molecule has 0 bridgehead atoms. The Morgan fingerprint density at radius 1 is 1.54 bits per heavy atom. The van der Waals surface area contributed by atoms with E-state index in [9.17, 15) is 8.42 Å². The number of hydrogen-bond acceptors (Lipinski definition) is 6. The van der Waals surface area contributed by atoms with Gasteiger partial charge in [0.05, 0.1) is 18.5 Å². The second-order valence-corrected chi connectivity index (χ2v) is 3.71. The Kier molecular flexibility index (Phi) is 2.71. The molecule has 0 amide bonds. The zero-order valence-electron chi connectivity index (χ0n) is 6.38. The minimum absolute atomic E-state index is 0.141. The van der Waals surface area contributed by atoms with Gasteiger partial charge in [0, 0.05) is 0 Å². The summed E-state index contributed by atoms with van der Waals surface area (Å²) in [6.45, 7) is 0. The number of nitriles is 1. The SMILES string of the molecule is N#CCS(=O)(=O)Nc1nccnn1. The van der Waals surface area contributed by atoms with Crippen LogP contribution in [0.2, 0.25) is 0 Å². The molecule has 0 aliphatic heterocycles. The van der Waals surface area contributed by atoms with E-state index in [0.29, 0.717) is 0 Å². The van der Waals surface area contributed by atoms with Gasteiger partial charge in [-0.25, -0.2) is 18.1 Å². The first-order valence-electron chi connectivity index (χ1n) is 3.15. The summed E-state index contributed by atoms with van der Waals surface area (Å²) < 4.78 is 23.9. The molecule has 68 valence electrons. The molecule has 0 saturated heterocycles. The molecule has 0 saturated carbocycles. The topological polar surface area (TPSA) is 109 Å². The van der Waals surface area contributed by atoms with Gasteiger partial charge >= 0.3 is 0 Å². The van der Waals surface area contributed by atoms with Gasteiger partial charge in [-0.3, -0.25) is 0 Å². The van der Waals surface area contributed by atoms with Crippen LogP contribution in [0.3, 0.4) is 0 Å². The number of sulfonamides is 1. The Labute approximate surface area is 74.5 Å². The first kappa shape index (κ1) is 9.34. The molecule has 0 aliphatic rings. The number of anilines is 1. The van der Waals surface area contributed by atoms with Crippen LogP contribution >= 0.6 is 0 Å². The van der Waals surface area contributed by atoms with Crippen molar-refractivity contribution in [2.24, 2.45) is 0 Å². The summed E-state index contributed by atoms with van der Waals surface area (Å²) in [5.74, 6) is -0.775. The maximum absolute atomic E-state index is 11.0. The Balaban J connectivity index is 2.77. The van der Waals surface area contributed by atoms with Gasteiger partial charge in [0.15, 0.2) is 5.75 Å². The molecule has 0 fully saturated rings. The maximum atomic E-state index is 11.0. The molecule has 0 aliphatic carbocycles. The minimum Gasteiger partial charge on any atom is -0.249 e. The van der Waals surface area contributed by atoms with E-state index in [4.69, 9.17) is 5.26 Å². The van der Waals surface area contributed by atoms with Crippen LogP contribution in [-0.4, -0.2) is 29.4 Å². The molecule has 13 heavy (non-hydrogen) atoms. The zero-order valence-corrected chi connectivity index (χ0v) is 7.19. The number of aromatic nitrogens is 3. The van der Waals surface area contributed by atoms with E-state index in [1.165, 1.54) is 18.5 Å². The van der Waals surface area contributed by atoms with E-state index in [2.05, 4.69) is 15.2 Å². The van der Waals surface area contributed by atoms with Gasteiger partial charge in [0.2, 0.25) is 10.0 Å². The summed E-state index contributed by atoms with van der Waals surface area (Å²) in [6, 6.07) is 1.50. The lowest BCUT2D eigenvalue weighted by molar-refractivity contribution is 0.603. The van der Waals surface area contributed by atoms with E-state index in [1.807, 2.05) is 4.72 Å². The highest BCUT2D eigenvalue weighted by Gasteiger charge is 2.10. The van der Waals surface area contributed by atoms with Crippen LogP contribution in [0.25, 0.3) is 0 Å². The van der Waals surface area contributed by atoms with Crippen molar-refractivity contribution in [3.63, 3.8) is 0 Å². The molecule has 1 heterocycles. The van der Waals surface area contributed by atoms with E-state index >= 15 is 0 Å². The lowest BCUT2D eigenvalue weighted by Gasteiger charge is -1.99. The highest BCUT2D eigenvalue weighted by molar-refractivity contribution is 7.92. The van der Waals surface area contributed by atoms with Gasteiger partial charge in [0.25, 0.3) is 5.95 Å². The van der Waals surface area contributed by atoms with Gasteiger partial charge in [-0.1, -0.05) is 0 Å². The fourth-order valence-electron chi connectivity index (χ4n) is 0.555. The second kappa shape index (κ2) is 3.77. The number of rotatable bonds is 3. The predicted octanol–water partition coefficient (Wildman–Crippen LogP) is -0.863. The molecule has 0 atom stereocenters. The molecule has 0 unspecified atom stereocenters. The van der Waals surface area contributed by atoms with Crippen molar-refractivity contribution >= 4 is 16.0 Å². The number of nitrogens with one attached hydrogen (secondary N) is 1. The minimum atomic E-state index is -3.66. The lowest BCUT2D eigenvalue weighted by atomic mass is 10.9. The van der Waals surface area contributed by atoms with E-state index in [0.717, 1.165) is 0 Å². The van der Waals surface area contributed by atoms with Crippen LogP contribution in [0.4, 0.5) is 5.95 Å². The van der Waals surface area contributed by atoms with Crippen LogP contribution in [0.1, 0.15) is 0 Å². The molecular weight excluding hydrogens is 194 g/mol. The summed E-state index contributed by atoms with van der Waals surface area (Å²) in [4.78, 5) is 3.57. The van der Waals surface area contributed by atoms with Gasteiger partial charge < -0.3 is 0 Å². The first-order chi connectivity index (χ1) is 6.14. The summed E-state index contributed by atoms with van der Waals surface area (Å²) in [5, 5.41) is 14.9. The van der Waals surface area contributed by atoms with Crippen LogP contribution in [0.5, 0.6) is 0 Å². The monoisotopic (exact) mass is 199 g/mol. The highest BCUT2D eigenvalue weighted by atomic mass is 32.2. The van der Waals surface area contributed by atoms with Gasteiger partial charge in [-0.05, 0) is 0 Å². The smallest absolute Gasteiger partial charge is 0.249 e. The molecule has 1 rings (SSSR count). The van der Waals surface area contributed by atoms with Crippen LogP contribution in [0, 0.1) is 11.3 Å². The molecular formula is C5H5N5O2S. The molecule has 1 aromatic heterocycles. The summed E-state index contributed by atoms with van der Waals surface area (Å²) in [5.41, 5.74) is 0. The molecule has 0 aromatic carbocycles. The standard InChI is InChI=1S/C5H5N5O2S/c6-1-4-13(11,12)10-5-7-2-3-8-9-5/h2-3H,4H2,(H,7,9,10). The van der Waals surface area contributed by atoms with Gasteiger partial charge in [-0.2, -0.15) is 10.4 Å². The van der Waals surface area contributed by atoms with Crippen molar-refractivity contribution < 1.29 is 8.42 Å². The normalized spacial score (nSPS) is 10.4. The summed E-state index contributed by atoms with van der Waals surface area (Å²) >= 11 is 0. The van der Waals surface area contributed by atoms with Gasteiger partial charge in [-0.15, -0.1) is 5.10 Å². The number of hydrogen-bond donors (Lipinski definition) is 1. The Morgan fingerprint density at radius 3 is 2.85 bits per heavy atom. The first-order valence-corrected chi connectivity index (χ1v) is 4.80. The third kappa shape index (κ3) is 3.00. The van der Waals surface area contributed by atoms with Crippen molar-refractivity contribution in [2.75, 3.05) is 10.5 Å². The lowest BCUT2D eigenvalue weighted by Crippen LogP contribution is -2.17. The van der Waals surface area contributed by atoms with Crippen molar-refractivity contribution in [2.45, 2.75) is 0 Å². The van der Waals surface area contributed by atoms with Crippen molar-refractivity contribution in [1.29, 1.82) is 5.26 Å². The quantitative estimate of drug-likeness (QED) is 0.678. The fraction of sp³-hybridized carbons (Fsp3) is 0.200. The van der Waals surface area contributed by atoms with E-state index in [-0.39, 0.29) is 5.95 Å².